The second kappa shape index (κ2) is 12.3. The molecule has 0 bridgehead atoms. The molecule has 2 aliphatic heterocycles. The van der Waals surface area contributed by atoms with Gasteiger partial charge >= 0.3 is 6.18 Å². The zero-order chi connectivity index (χ0) is 29.9. The molecule has 1 fully saturated rings. The van der Waals surface area contributed by atoms with E-state index < -0.39 is 11.7 Å². The molecule has 4 heterocycles. The van der Waals surface area contributed by atoms with Gasteiger partial charge < -0.3 is 15.4 Å². The topological polar surface area (TPSA) is 91.3 Å². The summed E-state index contributed by atoms with van der Waals surface area (Å²) in [5, 5.41) is 9.40. The van der Waals surface area contributed by atoms with Gasteiger partial charge in [-0.3, -0.25) is 9.88 Å². The fourth-order valence-corrected chi connectivity index (χ4v) is 6.59. The van der Waals surface area contributed by atoms with Crippen LogP contribution in [0.2, 0.25) is 0 Å². The first-order chi connectivity index (χ1) is 20.2. The number of benzene rings is 1. The van der Waals surface area contributed by atoms with Gasteiger partial charge in [0.05, 0.1) is 46.4 Å². The lowest BCUT2D eigenvalue weighted by molar-refractivity contribution is -0.137. The minimum Gasteiger partial charge on any atom is -0.477 e. The predicted octanol–water partition coefficient (Wildman–Crippen LogP) is 5.91. The van der Waals surface area contributed by atoms with Crippen molar-refractivity contribution in [2.75, 3.05) is 37.7 Å². The van der Waals surface area contributed by atoms with E-state index in [9.17, 15) is 18.4 Å². The molecule has 3 aromatic rings. The molecule has 0 amide bonds. The molecule has 2 aliphatic rings. The molecular formula is C32H37F3N6O. The van der Waals surface area contributed by atoms with E-state index in [0.29, 0.717) is 45.0 Å². The lowest BCUT2D eigenvalue weighted by Gasteiger charge is -2.49. The fraction of sp³-hybridized carbons (Fsp3) is 0.469. The number of anilines is 1. The fourth-order valence-electron chi connectivity index (χ4n) is 6.59. The molecular weight excluding hydrogens is 541 g/mol. The Hall–Kier alpha value is -3.68. The van der Waals surface area contributed by atoms with Gasteiger partial charge in [0, 0.05) is 50.4 Å². The Labute approximate surface area is 245 Å². The number of rotatable bonds is 8. The summed E-state index contributed by atoms with van der Waals surface area (Å²) in [6.07, 6.45) is 0.312. The SMILES string of the molecule is CCC[C@@H](N)CN1Cc2nc(-c3cccnc3OCC)ccc2C2(CCN(c3cccc(C#N)c3C(F)(F)F)CC2)C1. The van der Waals surface area contributed by atoms with Crippen molar-refractivity contribution < 1.29 is 17.9 Å². The highest BCUT2D eigenvalue weighted by Crippen LogP contribution is 2.45. The summed E-state index contributed by atoms with van der Waals surface area (Å²) in [4.78, 5) is 13.7. The number of fused-ring (bicyclic) bond motifs is 2. The van der Waals surface area contributed by atoms with Gasteiger partial charge in [-0.25, -0.2) is 4.98 Å². The van der Waals surface area contributed by atoms with Crippen molar-refractivity contribution in [2.24, 2.45) is 5.73 Å². The quantitative estimate of drug-likeness (QED) is 0.355. The summed E-state index contributed by atoms with van der Waals surface area (Å²) < 4.78 is 48.0. The van der Waals surface area contributed by atoms with Crippen LogP contribution in [-0.2, 0) is 18.1 Å². The highest BCUT2D eigenvalue weighted by Gasteiger charge is 2.45. The Morgan fingerprint density at radius 3 is 2.60 bits per heavy atom. The van der Waals surface area contributed by atoms with Crippen molar-refractivity contribution in [1.82, 2.24) is 14.9 Å². The third-order valence-electron chi connectivity index (χ3n) is 8.43. The molecule has 222 valence electrons. The first-order valence-corrected chi connectivity index (χ1v) is 14.6. The van der Waals surface area contributed by atoms with Gasteiger partial charge in [-0.15, -0.1) is 0 Å². The molecule has 0 aliphatic carbocycles. The molecule has 0 radical (unpaired) electrons. The molecule has 1 saturated heterocycles. The number of hydrogen-bond donors (Lipinski definition) is 1. The minimum absolute atomic E-state index is 0.0304. The third-order valence-corrected chi connectivity index (χ3v) is 8.43. The van der Waals surface area contributed by atoms with Crippen LogP contribution in [-0.4, -0.2) is 53.7 Å². The van der Waals surface area contributed by atoms with Crippen LogP contribution in [0.1, 0.15) is 61.9 Å². The first-order valence-electron chi connectivity index (χ1n) is 14.6. The molecule has 7 nitrogen and oxygen atoms in total. The zero-order valence-corrected chi connectivity index (χ0v) is 24.1. The second-order valence-corrected chi connectivity index (χ2v) is 11.3. The number of aromatic nitrogens is 2. The van der Waals surface area contributed by atoms with E-state index in [1.807, 2.05) is 25.1 Å². The Balaban J connectivity index is 1.49. The number of nitrogens with zero attached hydrogens (tertiary/aromatic N) is 5. The number of piperidine rings is 1. The van der Waals surface area contributed by atoms with Crippen LogP contribution in [0.25, 0.3) is 11.3 Å². The number of ether oxygens (including phenoxy) is 1. The van der Waals surface area contributed by atoms with Crippen LogP contribution in [0.4, 0.5) is 18.9 Å². The van der Waals surface area contributed by atoms with Crippen LogP contribution in [0, 0.1) is 11.3 Å². The van der Waals surface area contributed by atoms with Crippen molar-refractivity contribution in [3.05, 3.63) is 71.0 Å². The smallest absolute Gasteiger partial charge is 0.419 e. The average molecular weight is 579 g/mol. The van der Waals surface area contributed by atoms with Gasteiger partial charge in [0.1, 0.15) is 0 Å². The minimum atomic E-state index is -4.62. The molecule has 0 saturated carbocycles. The van der Waals surface area contributed by atoms with Crippen molar-refractivity contribution in [2.45, 2.75) is 63.7 Å². The summed E-state index contributed by atoms with van der Waals surface area (Å²) in [5.41, 5.74) is 8.79. The Kier molecular flexibility index (Phi) is 8.71. The molecule has 2 N–H and O–H groups in total. The van der Waals surface area contributed by atoms with Crippen LogP contribution >= 0.6 is 0 Å². The molecule has 42 heavy (non-hydrogen) atoms. The largest absolute Gasteiger partial charge is 0.477 e. The Morgan fingerprint density at radius 2 is 1.90 bits per heavy atom. The second-order valence-electron chi connectivity index (χ2n) is 11.3. The number of halogens is 3. The highest BCUT2D eigenvalue weighted by atomic mass is 19.4. The summed E-state index contributed by atoms with van der Waals surface area (Å²) in [5.74, 6) is 0.535. The van der Waals surface area contributed by atoms with E-state index in [1.54, 1.807) is 17.2 Å². The van der Waals surface area contributed by atoms with E-state index >= 15 is 0 Å². The zero-order valence-electron chi connectivity index (χ0n) is 24.1. The summed E-state index contributed by atoms with van der Waals surface area (Å²) in [7, 11) is 0. The molecule has 1 aromatic carbocycles. The van der Waals surface area contributed by atoms with Gasteiger partial charge in [-0.2, -0.15) is 18.4 Å². The van der Waals surface area contributed by atoms with Gasteiger partial charge in [0.15, 0.2) is 0 Å². The van der Waals surface area contributed by atoms with Crippen molar-refractivity contribution in [3.63, 3.8) is 0 Å². The Bertz CT molecular complexity index is 1440. The van der Waals surface area contributed by atoms with Gasteiger partial charge in [-0.05, 0) is 62.1 Å². The summed E-state index contributed by atoms with van der Waals surface area (Å²) >= 11 is 0. The summed E-state index contributed by atoms with van der Waals surface area (Å²) in [6.45, 7) is 7.55. The number of pyridine rings is 2. The molecule has 5 rings (SSSR count). The maximum absolute atomic E-state index is 14.1. The molecule has 2 aromatic heterocycles. The molecule has 1 atom stereocenters. The van der Waals surface area contributed by atoms with E-state index in [4.69, 9.17) is 15.5 Å². The van der Waals surface area contributed by atoms with Crippen LogP contribution in [0.15, 0.2) is 48.7 Å². The monoisotopic (exact) mass is 578 g/mol. The van der Waals surface area contributed by atoms with Crippen molar-refractivity contribution in [1.29, 1.82) is 5.26 Å². The molecule has 0 unspecified atom stereocenters. The van der Waals surface area contributed by atoms with E-state index in [0.717, 1.165) is 48.4 Å². The maximum atomic E-state index is 14.1. The third kappa shape index (κ3) is 5.94. The van der Waals surface area contributed by atoms with Gasteiger partial charge in [0.2, 0.25) is 5.88 Å². The number of nitriles is 1. The maximum Gasteiger partial charge on any atom is 0.419 e. The lowest BCUT2D eigenvalue weighted by atomic mass is 9.69. The average Bonchev–Trinajstić information content (AvgIpc) is 2.97. The van der Waals surface area contributed by atoms with E-state index in [-0.39, 0.29) is 22.7 Å². The standard InChI is InChI=1S/C32H37F3N6O/c1-3-7-23(37)19-40-20-27-25(11-12-26(39-27)24-9-6-15-38-30(24)42-4-2)31(21-40)13-16-41(17-14-31)28-10-5-8-22(18-36)29(28)32(33,34)35/h5-6,8-12,15,23H,3-4,7,13-14,16-17,19-21,37H2,1-2H3/t23-/m1/s1. The molecule has 10 heteroatoms. The number of nitrogens with two attached hydrogens (primary N) is 1. The van der Waals surface area contributed by atoms with Crippen molar-refractivity contribution in [3.8, 4) is 23.2 Å². The van der Waals surface area contributed by atoms with Gasteiger partial charge in [-0.1, -0.05) is 25.5 Å². The summed E-state index contributed by atoms with van der Waals surface area (Å²) in [6, 6.07) is 13.9. The van der Waals surface area contributed by atoms with Gasteiger partial charge in [0.25, 0.3) is 0 Å². The van der Waals surface area contributed by atoms with Crippen LogP contribution in [0.3, 0.4) is 0 Å². The molecule has 1 spiro atoms. The van der Waals surface area contributed by atoms with Crippen LogP contribution < -0.4 is 15.4 Å². The number of alkyl halides is 3. The number of hydrogen-bond acceptors (Lipinski definition) is 7. The van der Waals surface area contributed by atoms with Crippen molar-refractivity contribution >= 4 is 5.69 Å². The van der Waals surface area contributed by atoms with E-state index in [2.05, 4.69) is 22.9 Å². The van der Waals surface area contributed by atoms with Crippen LogP contribution in [0.5, 0.6) is 5.88 Å². The highest BCUT2D eigenvalue weighted by molar-refractivity contribution is 5.66. The van der Waals surface area contributed by atoms with E-state index in [1.165, 1.54) is 18.2 Å². The lowest BCUT2D eigenvalue weighted by Crippen LogP contribution is -2.54. The predicted molar refractivity (Wildman–Crippen MR) is 156 cm³/mol. The Morgan fingerprint density at radius 1 is 1.12 bits per heavy atom. The first kappa shape index (κ1) is 29.8. The normalized spacial score (nSPS) is 17.5.